The van der Waals surface area contributed by atoms with Gasteiger partial charge in [0.15, 0.2) is 0 Å². The van der Waals surface area contributed by atoms with Crippen molar-refractivity contribution in [3.63, 3.8) is 0 Å². The number of thiophene rings is 2. The molecule has 0 bridgehead atoms. The van der Waals surface area contributed by atoms with Crippen LogP contribution >= 0.6 is 22.7 Å². The van der Waals surface area contributed by atoms with E-state index >= 15 is 0 Å². The minimum absolute atomic E-state index is 0.0239. The van der Waals surface area contributed by atoms with Gasteiger partial charge >= 0.3 is 0 Å². The zero-order chi connectivity index (χ0) is 19.7. The SMILES string of the molecule is Cc1ccccc1CN(C)C(=O)Cn1cnc2scc(-c3cccs3)c2c1=O. The smallest absolute Gasteiger partial charge is 0.263 e. The van der Waals surface area contributed by atoms with Gasteiger partial charge in [0.25, 0.3) is 5.56 Å². The number of amides is 1. The number of carbonyl (C=O) groups excluding carboxylic acids is 1. The summed E-state index contributed by atoms with van der Waals surface area (Å²) in [4.78, 5) is 33.5. The van der Waals surface area contributed by atoms with Crippen molar-refractivity contribution in [2.75, 3.05) is 7.05 Å². The Hall–Kier alpha value is -2.77. The second-order valence-corrected chi connectivity index (χ2v) is 8.47. The third kappa shape index (κ3) is 3.50. The highest BCUT2D eigenvalue weighted by Crippen LogP contribution is 2.33. The van der Waals surface area contributed by atoms with E-state index in [1.807, 2.05) is 54.1 Å². The summed E-state index contributed by atoms with van der Waals surface area (Å²) in [5, 5.41) is 4.53. The molecule has 0 spiro atoms. The first kappa shape index (κ1) is 18.6. The Bertz CT molecular complexity index is 1190. The van der Waals surface area contributed by atoms with Crippen LogP contribution in [0.15, 0.2) is 58.3 Å². The lowest BCUT2D eigenvalue weighted by molar-refractivity contribution is -0.131. The van der Waals surface area contributed by atoms with Gasteiger partial charge in [-0.2, -0.15) is 0 Å². The molecular weight excluding hydrogens is 390 g/mol. The van der Waals surface area contributed by atoms with Crippen LogP contribution in [-0.4, -0.2) is 27.4 Å². The van der Waals surface area contributed by atoms with Crippen LogP contribution in [0.5, 0.6) is 0 Å². The van der Waals surface area contributed by atoms with E-state index < -0.39 is 0 Å². The van der Waals surface area contributed by atoms with Crippen LogP contribution < -0.4 is 5.56 Å². The van der Waals surface area contributed by atoms with Crippen LogP contribution in [0.3, 0.4) is 0 Å². The molecule has 0 unspecified atom stereocenters. The molecule has 0 atom stereocenters. The molecule has 28 heavy (non-hydrogen) atoms. The van der Waals surface area contributed by atoms with E-state index in [-0.39, 0.29) is 18.0 Å². The predicted molar refractivity (Wildman–Crippen MR) is 115 cm³/mol. The Morgan fingerprint density at radius 2 is 2.00 bits per heavy atom. The number of hydrogen-bond acceptors (Lipinski definition) is 5. The monoisotopic (exact) mass is 409 g/mol. The highest BCUT2D eigenvalue weighted by Gasteiger charge is 2.17. The molecule has 5 nitrogen and oxygen atoms in total. The molecule has 0 aliphatic heterocycles. The van der Waals surface area contributed by atoms with Crippen LogP contribution in [0.1, 0.15) is 11.1 Å². The summed E-state index contributed by atoms with van der Waals surface area (Å²) in [6.45, 7) is 2.51. The summed E-state index contributed by atoms with van der Waals surface area (Å²) in [6.07, 6.45) is 1.47. The van der Waals surface area contributed by atoms with Gasteiger partial charge in [-0.25, -0.2) is 4.98 Å². The molecule has 7 heteroatoms. The fraction of sp³-hybridized carbons (Fsp3) is 0.190. The molecule has 1 amide bonds. The lowest BCUT2D eigenvalue weighted by Gasteiger charge is -2.19. The molecule has 3 heterocycles. The number of nitrogens with zero attached hydrogens (tertiary/aromatic N) is 3. The summed E-state index contributed by atoms with van der Waals surface area (Å²) < 4.78 is 1.41. The van der Waals surface area contributed by atoms with Crippen molar-refractivity contribution in [1.29, 1.82) is 0 Å². The van der Waals surface area contributed by atoms with E-state index in [9.17, 15) is 9.59 Å². The van der Waals surface area contributed by atoms with Gasteiger partial charge in [-0.1, -0.05) is 30.3 Å². The Morgan fingerprint density at radius 1 is 1.18 bits per heavy atom. The lowest BCUT2D eigenvalue weighted by atomic mass is 10.1. The normalized spacial score (nSPS) is 11.1. The Kier molecular flexibility index (Phi) is 5.11. The third-order valence-corrected chi connectivity index (χ3v) is 6.54. The van der Waals surface area contributed by atoms with Crippen LogP contribution in [0.25, 0.3) is 20.7 Å². The highest BCUT2D eigenvalue weighted by molar-refractivity contribution is 7.18. The molecule has 4 aromatic rings. The molecule has 142 valence electrons. The molecule has 0 aliphatic rings. The standard InChI is InChI=1S/C21H19N3O2S2/c1-14-6-3-4-7-15(14)10-23(2)18(25)11-24-13-22-20-19(21(24)26)16(12-28-20)17-8-5-9-27-17/h3-9,12-13H,10-11H2,1-2H3. The Balaban J connectivity index is 1.60. The summed E-state index contributed by atoms with van der Waals surface area (Å²) in [5.74, 6) is -0.126. The van der Waals surface area contributed by atoms with Crippen LogP contribution in [0.4, 0.5) is 0 Å². The second kappa shape index (κ2) is 7.69. The minimum Gasteiger partial charge on any atom is -0.340 e. The van der Waals surface area contributed by atoms with Gasteiger partial charge in [0.2, 0.25) is 5.91 Å². The first-order chi connectivity index (χ1) is 13.5. The van der Waals surface area contributed by atoms with E-state index in [1.165, 1.54) is 22.2 Å². The van der Waals surface area contributed by atoms with Crippen LogP contribution in [0, 0.1) is 6.92 Å². The number of rotatable bonds is 5. The zero-order valence-electron chi connectivity index (χ0n) is 15.6. The van der Waals surface area contributed by atoms with Crippen molar-refractivity contribution in [2.45, 2.75) is 20.0 Å². The van der Waals surface area contributed by atoms with Crippen molar-refractivity contribution < 1.29 is 4.79 Å². The first-order valence-electron chi connectivity index (χ1n) is 8.83. The summed E-state index contributed by atoms with van der Waals surface area (Å²) in [5.41, 5.74) is 2.95. The van der Waals surface area contributed by atoms with E-state index in [0.29, 0.717) is 16.8 Å². The van der Waals surface area contributed by atoms with Crippen LogP contribution in [0.2, 0.25) is 0 Å². The van der Waals surface area contributed by atoms with Crippen LogP contribution in [-0.2, 0) is 17.9 Å². The number of aryl methyl sites for hydroxylation is 1. The summed E-state index contributed by atoms with van der Waals surface area (Å²) in [6, 6.07) is 11.9. The number of fused-ring (bicyclic) bond motifs is 1. The van der Waals surface area contributed by atoms with E-state index in [4.69, 9.17) is 0 Å². The van der Waals surface area contributed by atoms with Gasteiger partial charge in [0, 0.05) is 29.4 Å². The van der Waals surface area contributed by atoms with E-state index in [1.54, 1.807) is 23.3 Å². The van der Waals surface area contributed by atoms with Crippen molar-refractivity contribution in [3.8, 4) is 10.4 Å². The third-order valence-electron chi connectivity index (χ3n) is 4.75. The number of hydrogen-bond donors (Lipinski definition) is 0. The average molecular weight is 410 g/mol. The fourth-order valence-corrected chi connectivity index (χ4v) is 4.81. The Morgan fingerprint density at radius 3 is 2.75 bits per heavy atom. The molecule has 0 saturated heterocycles. The number of benzene rings is 1. The number of carbonyl (C=O) groups is 1. The highest BCUT2D eigenvalue weighted by atomic mass is 32.1. The minimum atomic E-state index is -0.174. The van der Waals surface area contributed by atoms with Crippen molar-refractivity contribution in [3.05, 3.63) is 75.0 Å². The number of likely N-dealkylation sites (N-methyl/N-ethyl adjacent to an activating group) is 1. The molecule has 1 aromatic carbocycles. The maximum atomic E-state index is 13.0. The van der Waals surface area contributed by atoms with Gasteiger partial charge in [0.05, 0.1) is 11.7 Å². The van der Waals surface area contributed by atoms with Gasteiger partial charge in [-0.05, 0) is 29.5 Å². The van der Waals surface area contributed by atoms with E-state index in [0.717, 1.165) is 21.6 Å². The summed E-state index contributed by atoms with van der Waals surface area (Å²) >= 11 is 3.04. The average Bonchev–Trinajstić information content (AvgIpc) is 3.35. The van der Waals surface area contributed by atoms with Crippen molar-refractivity contribution in [1.82, 2.24) is 14.5 Å². The summed E-state index contributed by atoms with van der Waals surface area (Å²) in [7, 11) is 1.76. The number of aromatic nitrogens is 2. The Labute approximate surface area is 170 Å². The molecule has 4 rings (SSSR count). The quantitative estimate of drug-likeness (QED) is 0.497. The molecule has 0 fully saturated rings. The first-order valence-corrected chi connectivity index (χ1v) is 10.6. The molecule has 0 radical (unpaired) electrons. The maximum Gasteiger partial charge on any atom is 0.263 e. The lowest BCUT2D eigenvalue weighted by Crippen LogP contribution is -2.33. The fourth-order valence-electron chi connectivity index (χ4n) is 3.09. The topological polar surface area (TPSA) is 55.2 Å². The molecule has 0 N–H and O–H groups in total. The van der Waals surface area contributed by atoms with Crippen molar-refractivity contribution in [2.24, 2.45) is 0 Å². The van der Waals surface area contributed by atoms with E-state index in [2.05, 4.69) is 4.98 Å². The van der Waals surface area contributed by atoms with Gasteiger partial charge in [0.1, 0.15) is 11.4 Å². The molecule has 0 saturated carbocycles. The largest absolute Gasteiger partial charge is 0.340 e. The molecular formula is C21H19N3O2S2. The van der Waals surface area contributed by atoms with Gasteiger partial charge in [-0.3, -0.25) is 14.2 Å². The van der Waals surface area contributed by atoms with Gasteiger partial charge < -0.3 is 4.90 Å². The molecule has 0 aliphatic carbocycles. The second-order valence-electron chi connectivity index (χ2n) is 6.66. The predicted octanol–water partition coefficient (Wildman–Crippen LogP) is 4.15. The maximum absolute atomic E-state index is 13.0. The molecule has 3 aromatic heterocycles. The van der Waals surface area contributed by atoms with Gasteiger partial charge in [-0.15, -0.1) is 22.7 Å². The van der Waals surface area contributed by atoms with Crippen molar-refractivity contribution >= 4 is 38.8 Å². The zero-order valence-corrected chi connectivity index (χ0v) is 17.2.